The molecule has 0 heterocycles. The zero-order valence-electron chi connectivity index (χ0n) is 15.1. The summed E-state index contributed by atoms with van der Waals surface area (Å²) in [6.45, 7) is -0.576. The maximum Gasteiger partial charge on any atom is 0.310 e. The Morgan fingerprint density at radius 3 is 2.43 bits per heavy atom. The van der Waals surface area contributed by atoms with Gasteiger partial charge in [0.25, 0.3) is 11.6 Å². The Bertz CT molecular complexity index is 901. The molecule has 0 fully saturated rings. The average Bonchev–Trinajstić information content (AvgIpc) is 2.66. The second-order valence-electron chi connectivity index (χ2n) is 5.48. The number of carbonyl (C=O) groups is 2. The van der Waals surface area contributed by atoms with Crippen LogP contribution in [0.2, 0.25) is 5.02 Å². The molecule has 1 N–H and O–H groups in total. The molecule has 0 radical (unpaired) electrons. The van der Waals surface area contributed by atoms with Crippen molar-refractivity contribution in [3.05, 3.63) is 57.1 Å². The Morgan fingerprint density at radius 1 is 1.11 bits per heavy atom. The molecule has 0 spiro atoms. The number of nitrogens with zero attached hydrogens (tertiary/aromatic N) is 1. The van der Waals surface area contributed by atoms with Crippen LogP contribution in [0, 0.1) is 10.1 Å². The van der Waals surface area contributed by atoms with Crippen LogP contribution in [0.5, 0.6) is 11.5 Å². The molecule has 0 aliphatic heterocycles. The number of non-ortho nitro benzene ring substituents is 1. The number of halogens is 1. The summed E-state index contributed by atoms with van der Waals surface area (Å²) in [5.41, 5.74) is 0.385. The summed E-state index contributed by atoms with van der Waals surface area (Å²) in [5.74, 6) is -0.645. The van der Waals surface area contributed by atoms with E-state index in [4.69, 9.17) is 25.8 Å². The Hall–Kier alpha value is -3.33. The van der Waals surface area contributed by atoms with Crippen LogP contribution < -0.4 is 14.8 Å². The Morgan fingerprint density at radius 2 is 1.79 bits per heavy atom. The number of ether oxygens (including phenoxy) is 3. The molecule has 0 aliphatic rings. The zero-order valence-corrected chi connectivity index (χ0v) is 15.8. The summed E-state index contributed by atoms with van der Waals surface area (Å²) >= 11 is 5.91. The number of esters is 1. The van der Waals surface area contributed by atoms with Crippen molar-refractivity contribution in [2.24, 2.45) is 0 Å². The van der Waals surface area contributed by atoms with Crippen LogP contribution in [0.25, 0.3) is 0 Å². The van der Waals surface area contributed by atoms with Crippen molar-refractivity contribution in [2.75, 3.05) is 26.1 Å². The number of amides is 1. The van der Waals surface area contributed by atoms with Crippen LogP contribution in [0.15, 0.2) is 36.4 Å². The van der Waals surface area contributed by atoms with E-state index in [9.17, 15) is 19.7 Å². The van der Waals surface area contributed by atoms with Gasteiger partial charge >= 0.3 is 5.97 Å². The van der Waals surface area contributed by atoms with E-state index in [-0.39, 0.29) is 23.5 Å². The van der Waals surface area contributed by atoms with Crippen molar-refractivity contribution in [3.63, 3.8) is 0 Å². The molecular weight excluding hydrogens is 392 g/mol. The van der Waals surface area contributed by atoms with Gasteiger partial charge in [-0.1, -0.05) is 11.6 Å². The van der Waals surface area contributed by atoms with Gasteiger partial charge in [0.2, 0.25) is 0 Å². The number of nitrogens with one attached hydrogen (secondary N) is 1. The van der Waals surface area contributed by atoms with Crippen LogP contribution in [0.1, 0.15) is 5.56 Å². The van der Waals surface area contributed by atoms with Crippen LogP contribution in [-0.4, -0.2) is 37.6 Å². The molecule has 9 nitrogen and oxygen atoms in total. The molecule has 0 aromatic heterocycles. The topological polar surface area (TPSA) is 117 Å². The van der Waals surface area contributed by atoms with Gasteiger partial charge in [0, 0.05) is 22.7 Å². The minimum atomic E-state index is -0.676. The number of rotatable bonds is 8. The molecule has 0 saturated heterocycles. The highest BCUT2D eigenvalue weighted by Crippen LogP contribution is 2.28. The number of hydrogen-bond donors (Lipinski definition) is 1. The summed E-state index contributed by atoms with van der Waals surface area (Å²) in [5, 5.41) is 13.7. The summed E-state index contributed by atoms with van der Waals surface area (Å²) in [6, 6.07) is 8.55. The molecule has 28 heavy (non-hydrogen) atoms. The van der Waals surface area contributed by atoms with Gasteiger partial charge in [0.05, 0.1) is 31.3 Å². The SMILES string of the molecule is COc1ccc(Cl)cc1CC(=O)OCC(=O)Nc1cc([N+](=O)[O-])ccc1OC. The van der Waals surface area contributed by atoms with E-state index in [1.807, 2.05) is 0 Å². The number of nitro benzene ring substituents is 1. The fourth-order valence-electron chi connectivity index (χ4n) is 2.33. The molecule has 2 aromatic carbocycles. The lowest BCUT2D eigenvalue weighted by Gasteiger charge is -2.11. The molecule has 0 saturated carbocycles. The van der Waals surface area contributed by atoms with E-state index in [0.717, 1.165) is 6.07 Å². The molecular formula is C18H17ClN2O7. The zero-order chi connectivity index (χ0) is 20.7. The predicted octanol–water partition coefficient (Wildman–Crippen LogP) is 2.99. The molecule has 2 aromatic rings. The predicted molar refractivity (Wildman–Crippen MR) is 101 cm³/mol. The van der Waals surface area contributed by atoms with E-state index >= 15 is 0 Å². The first-order chi connectivity index (χ1) is 13.3. The second-order valence-corrected chi connectivity index (χ2v) is 5.92. The fraction of sp³-hybridized carbons (Fsp3) is 0.222. The third kappa shape index (κ3) is 5.58. The lowest BCUT2D eigenvalue weighted by Crippen LogP contribution is -2.22. The largest absolute Gasteiger partial charge is 0.496 e. The Kier molecular flexibility index (Phi) is 7.16. The lowest BCUT2D eigenvalue weighted by atomic mass is 10.1. The van der Waals surface area contributed by atoms with Gasteiger partial charge in [-0.2, -0.15) is 0 Å². The Balaban J connectivity index is 1.97. The number of anilines is 1. The first-order valence-electron chi connectivity index (χ1n) is 7.94. The third-order valence-electron chi connectivity index (χ3n) is 3.61. The maximum absolute atomic E-state index is 12.0. The third-order valence-corrected chi connectivity index (χ3v) is 3.84. The summed E-state index contributed by atoms with van der Waals surface area (Å²) < 4.78 is 15.1. The Labute approximate surface area is 165 Å². The van der Waals surface area contributed by atoms with E-state index in [1.165, 1.54) is 26.4 Å². The molecule has 10 heteroatoms. The number of methoxy groups -OCH3 is 2. The number of carbonyl (C=O) groups excluding carboxylic acids is 2. The smallest absolute Gasteiger partial charge is 0.310 e. The van der Waals surface area contributed by atoms with E-state index in [2.05, 4.69) is 5.32 Å². The first-order valence-corrected chi connectivity index (χ1v) is 8.32. The van der Waals surface area contributed by atoms with Crippen LogP contribution >= 0.6 is 11.6 Å². The number of nitro groups is 1. The number of benzene rings is 2. The first kappa shape index (κ1) is 21.0. The number of hydrogen-bond acceptors (Lipinski definition) is 7. The van der Waals surface area contributed by atoms with Crippen molar-refractivity contribution >= 4 is 34.9 Å². The van der Waals surface area contributed by atoms with Crippen molar-refractivity contribution in [2.45, 2.75) is 6.42 Å². The van der Waals surface area contributed by atoms with Crippen LogP contribution in [0.4, 0.5) is 11.4 Å². The standard InChI is InChI=1S/C18H17ClN2O7/c1-26-15-5-3-12(19)7-11(15)8-18(23)28-10-17(22)20-14-9-13(21(24)25)4-6-16(14)27-2/h3-7,9H,8,10H2,1-2H3,(H,20,22). The van der Waals surface area contributed by atoms with Gasteiger partial charge in [-0.15, -0.1) is 0 Å². The highest BCUT2D eigenvalue weighted by Gasteiger charge is 2.16. The van der Waals surface area contributed by atoms with Gasteiger partial charge in [0.15, 0.2) is 6.61 Å². The average molecular weight is 409 g/mol. The molecule has 0 atom stereocenters. The highest BCUT2D eigenvalue weighted by molar-refractivity contribution is 6.30. The van der Waals surface area contributed by atoms with E-state index in [0.29, 0.717) is 16.3 Å². The summed E-state index contributed by atoms with van der Waals surface area (Å²) in [6.07, 6.45) is -0.142. The summed E-state index contributed by atoms with van der Waals surface area (Å²) in [4.78, 5) is 34.3. The van der Waals surface area contributed by atoms with Gasteiger partial charge in [-0.25, -0.2) is 0 Å². The van der Waals surface area contributed by atoms with Gasteiger partial charge in [-0.3, -0.25) is 19.7 Å². The van der Waals surface area contributed by atoms with Crippen molar-refractivity contribution in [3.8, 4) is 11.5 Å². The van der Waals surface area contributed by atoms with Crippen molar-refractivity contribution < 1.29 is 28.7 Å². The quantitative estimate of drug-likeness (QED) is 0.405. The molecule has 148 valence electrons. The van der Waals surface area contributed by atoms with Gasteiger partial charge in [-0.05, 0) is 24.3 Å². The van der Waals surface area contributed by atoms with Crippen molar-refractivity contribution in [1.82, 2.24) is 0 Å². The normalized spacial score (nSPS) is 10.1. The molecule has 2 rings (SSSR count). The fourth-order valence-corrected chi connectivity index (χ4v) is 2.53. The molecule has 1 amide bonds. The molecule has 0 bridgehead atoms. The molecule has 0 aliphatic carbocycles. The van der Waals surface area contributed by atoms with Crippen molar-refractivity contribution in [1.29, 1.82) is 0 Å². The maximum atomic E-state index is 12.0. The van der Waals surface area contributed by atoms with E-state index in [1.54, 1.807) is 18.2 Å². The van der Waals surface area contributed by atoms with E-state index < -0.39 is 23.4 Å². The summed E-state index contributed by atoms with van der Waals surface area (Å²) in [7, 11) is 2.81. The highest BCUT2D eigenvalue weighted by atomic mass is 35.5. The molecule has 0 unspecified atom stereocenters. The van der Waals surface area contributed by atoms with Gasteiger partial charge in [0.1, 0.15) is 11.5 Å². The lowest BCUT2D eigenvalue weighted by molar-refractivity contribution is -0.384. The second kappa shape index (κ2) is 9.56. The monoisotopic (exact) mass is 408 g/mol. The van der Waals surface area contributed by atoms with Gasteiger partial charge < -0.3 is 19.5 Å². The minimum Gasteiger partial charge on any atom is -0.496 e. The van der Waals surface area contributed by atoms with Crippen LogP contribution in [-0.2, 0) is 20.7 Å². The minimum absolute atomic E-state index is 0.0919. The van der Waals surface area contributed by atoms with Crippen LogP contribution in [0.3, 0.4) is 0 Å².